The van der Waals surface area contributed by atoms with Gasteiger partial charge in [-0.2, -0.15) is 0 Å². The van der Waals surface area contributed by atoms with Crippen molar-refractivity contribution in [1.29, 1.82) is 0 Å². The van der Waals surface area contributed by atoms with Gasteiger partial charge in [0.15, 0.2) is 16.6 Å². The molecule has 31 heavy (non-hydrogen) atoms. The van der Waals surface area contributed by atoms with E-state index in [0.717, 1.165) is 29.7 Å². The lowest BCUT2D eigenvalue weighted by atomic mass is 9.88. The van der Waals surface area contributed by atoms with Crippen molar-refractivity contribution in [2.75, 3.05) is 26.6 Å². The van der Waals surface area contributed by atoms with Gasteiger partial charge >= 0.3 is 0 Å². The lowest BCUT2D eigenvalue weighted by molar-refractivity contribution is 0.0974. The van der Waals surface area contributed by atoms with Crippen LogP contribution in [0.4, 0.5) is 5.00 Å². The molecule has 1 aliphatic rings. The van der Waals surface area contributed by atoms with E-state index in [9.17, 15) is 9.59 Å². The minimum atomic E-state index is -0.506. The fraction of sp³-hybridized carbons (Fsp3) is 0.381. The third-order valence-electron chi connectivity index (χ3n) is 5.14. The molecule has 8 nitrogen and oxygen atoms in total. The number of carbonyl (C=O) groups is 2. The molecule has 1 heterocycles. The highest BCUT2D eigenvalue weighted by molar-refractivity contribution is 7.80. The van der Waals surface area contributed by atoms with Crippen molar-refractivity contribution in [3.8, 4) is 17.2 Å². The number of amides is 2. The van der Waals surface area contributed by atoms with Gasteiger partial charge < -0.3 is 25.3 Å². The van der Waals surface area contributed by atoms with E-state index in [1.165, 1.54) is 44.8 Å². The molecular formula is C21H25N3O5S2. The maximum Gasteiger partial charge on any atom is 0.257 e. The summed E-state index contributed by atoms with van der Waals surface area (Å²) in [6.45, 7) is 2.18. The number of thiophene rings is 1. The number of hydrogen-bond acceptors (Lipinski definition) is 7. The molecule has 0 saturated carbocycles. The van der Waals surface area contributed by atoms with Gasteiger partial charge in [-0.1, -0.05) is 6.92 Å². The number of nitrogens with one attached hydrogen (secondary N) is 2. The summed E-state index contributed by atoms with van der Waals surface area (Å²) in [6.07, 6.45) is 2.70. The Kier molecular flexibility index (Phi) is 7.01. The van der Waals surface area contributed by atoms with Crippen LogP contribution in [0.2, 0.25) is 0 Å². The zero-order valence-corrected chi connectivity index (χ0v) is 19.4. The molecular weight excluding hydrogens is 438 g/mol. The number of thiocarbonyl (C=S) groups is 1. The molecule has 0 aliphatic heterocycles. The van der Waals surface area contributed by atoms with Crippen LogP contribution in [0.1, 0.15) is 44.5 Å². The molecule has 1 aromatic carbocycles. The second kappa shape index (κ2) is 9.52. The quantitative estimate of drug-likeness (QED) is 0.564. The summed E-state index contributed by atoms with van der Waals surface area (Å²) >= 11 is 6.77. The number of methoxy groups -OCH3 is 3. The first kappa shape index (κ1) is 22.8. The smallest absolute Gasteiger partial charge is 0.257 e. The molecule has 0 spiro atoms. The SMILES string of the molecule is COc1cc(C(=O)NC(=S)Nc2sc3c(c2C(N)=O)CC[C@H](C)C3)cc(OC)c1OC. The summed E-state index contributed by atoms with van der Waals surface area (Å²) in [5, 5.41) is 6.22. The number of hydrogen-bond donors (Lipinski definition) is 3. The average molecular weight is 464 g/mol. The Morgan fingerprint density at radius 3 is 2.35 bits per heavy atom. The molecule has 10 heteroatoms. The first-order chi connectivity index (χ1) is 14.8. The molecule has 0 saturated heterocycles. The number of anilines is 1. The van der Waals surface area contributed by atoms with E-state index in [4.69, 9.17) is 32.2 Å². The molecule has 4 N–H and O–H groups in total. The van der Waals surface area contributed by atoms with E-state index in [1.54, 1.807) is 0 Å². The van der Waals surface area contributed by atoms with Gasteiger partial charge in [0.25, 0.3) is 11.8 Å². The predicted molar refractivity (Wildman–Crippen MR) is 124 cm³/mol. The largest absolute Gasteiger partial charge is 0.493 e. The van der Waals surface area contributed by atoms with Gasteiger partial charge in [-0.3, -0.25) is 14.9 Å². The van der Waals surface area contributed by atoms with E-state index in [1.807, 2.05) is 0 Å². The zero-order valence-electron chi connectivity index (χ0n) is 17.8. The highest BCUT2D eigenvalue weighted by Crippen LogP contribution is 2.40. The monoisotopic (exact) mass is 463 g/mol. The summed E-state index contributed by atoms with van der Waals surface area (Å²) in [5.74, 6) is 0.655. The lowest BCUT2D eigenvalue weighted by Gasteiger charge is -2.18. The van der Waals surface area contributed by atoms with Crippen molar-refractivity contribution in [1.82, 2.24) is 5.32 Å². The van der Waals surface area contributed by atoms with Gasteiger partial charge in [-0.15, -0.1) is 11.3 Å². The fourth-order valence-electron chi connectivity index (χ4n) is 3.62. The Hall–Kier alpha value is -2.85. The summed E-state index contributed by atoms with van der Waals surface area (Å²) in [5.41, 5.74) is 7.34. The van der Waals surface area contributed by atoms with Crippen LogP contribution < -0.4 is 30.6 Å². The summed E-state index contributed by atoms with van der Waals surface area (Å²) < 4.78 is 15.8. The van der Waals surface area contributed by atoms with Crippen LogP contribution in [0, 0.1) is 5.92 Å². The molecule has 166 valence electrons. The van der Waals surface area contributed by atoms with Crippen molar-refractivity contribution >= 4 is 45.5 Å². The highest BCUT2D eigenvalue weighted by Gasteiger charge is 2.27. The topological polar surface area (TPSA) is 112 Å². The number of ether oxygens (including phenoxy) is 3. The Morgan fingerprint density at radius 2 is 1.81 bits per heavy atom. The molecule has 1 atom stereocenters. The third kappa shape index (κ3) is 4.75. The maximum absolute atomic E-state index is 12.8. The van der Waals surface area contributed by atoms with Crippen molar-refractivity contribution < 1.29 is 23.8 Å². The Morgan fingerprint density at radius 1 is 1.16 bits per heavy atom. The minimum Gasteiger partial charge on any atom is -0.493 e. The number of benzene rings is 1. The van der Waals surface area contributed by atoms with Gasteiger partial charge in [0, 0.05) is 10.4 Å². The van der Waals surface area contributed by atoms with Gasteiger partial charge in [-0.05, 0) is 55.1 Å². The molecule has 0 radical (unpaired) electrons. The van der Waals surface area contributed by atoms with Crippen molar-refractivity contribution in [3.63, 3.8) is 0 Å². The minimum absolute atomic E-state index is 0.0629. The Labute approximate surface area is 190 Å². The van der Waals surface area contributed by atoms with Crippen LogP contribution >= 0.6 is 23.6 Å². The molecule has 0 unspecified atom stereocenters. The van der Waals surface area contributed by atoms with Crippen LogP contribution in [0.3, 0.4) is 0 Å². The summed E-state index contributed by atoms with van der Waals surface area (Å²) in [6, 6.07) is 3.05. The van der Waals surface area contributed by atoms with E-state index in [2.05, 4.69) is 17.6 Å². The normalized spacial score (nSPS) is 14.9. The fourth-order valence-corrected chi connectivity index (χ4v) is 5.30. The van der Waals surface area contributed by atoms with Crippen LogP contribution in [0.25, 0.3) is 0 Å². The first-order valence-electron chi connectivity index (χ1n) is 9.65. The van der Waals surface area contributed by atoms with Crippen molar-refractivity contribution in [2.45, 2.75) is 26.2 Å². The van der Waals surface area contributed by atoms with Crippen LogP contribution in [0.15, 0.2) is 12.1 Å². The van der Waals surface area contributed by atoms with Crippen LogP contribution in [-0.2, 0) is 12.8 Å². The van der Waals surface area contributed by atoms with E-state index in [-0.39, 0.29) is 10.7 Å². The average Bonchev–Trinajstić information content (AvgIpc) is 3.08. The molecule has 1 aromatic heterocycles. The second-order valence-corrected chi connectivity index (χ2v) is 8.76. The summed E-state index contributed by atoms with van der Waals surface area (Å²) in [7, 11) is 4.42. The highest BCUT2D eigenvalue weighted by atomic mass is 32.1. The number of nitrogens with two attached hydrogens (primary N) is 1. The lowest BCUT2D eigenvalue weighted by Crippen LogP contribution is -2.34. The second-order valence-electron chi connectivity index (χ2n) is 7.24. The predicted octanol–water partition coefficient (Wildman–Crippen LogP) is 3.12. The number of rotatable bonds is 6. The molecule has 2 amide bonds. The van der Waals surface area contributed by atoms with Gasteiger partial charge in [0.05, 0.1) is 26.9 Å². The Bertz CT molecular complexity index is 1010. The van der Waals surface area contributed by atoms with Crippen molar-refractivity contribution in [2.24, 2.45) is 11.7 Å². The molecule has 0 bridgehead atoms. The van der Waals surface area contributed by atoms with E-state index < -0.39 is 11.8 Å². The van der Waals surface area contributed by atoms with Gasteiger partial charge in [0.1, 0.15) is 5.00 Å². The molecule has 1 aliphatic carbocycles. The Balaban J connectivity index is 1.80. The number of carbonyl (C=O) groups excluding carboxylic acids is 2. The maximum atomic E-state index is 12.8. The molecule has 2 aromatic rings. The van der Waals surface area contributed by atoms with Crippen molar-refractivity contribution in [3.05, 3.63) is 33.7 Å². The van der Waals surface area contributed by atoms with Crippen LogP contribution in [0.5, 0.6) is 17.2 Å². The van der Waals surface area contributed by atoms with E-state index >= 15 is 0 Å². The first-order valence-corrected chi connectivity index (χ1v) is 10.9. The van der Waals surface area contributed by atoms with Gasteiger partial charge in [-0.25, -0.2) is 0 Å². The van der Waals surface area contributed by atoms with Gasteiger partial charge in [0.2, 0.25) is 5.75 Å². The molecule has 3 rings (SSSR count). The number of primary amides is 1. The molecule has 0 fully saturated rings. The number of fused-ring (bicyclic) bond motifs is 1. The third-order valence-corrected chi connectivity index (χ3v) is 6.51. The van der Waals surface area contributed by atoms with E-state index in [0.29, 0.717) is 33.7 Å². The zero-order chi connectivity index (χ0) is 22.7. The standard InChI is InChI=1S/C21H25N3O5S2/c1-10-5-6-12-15(7-10)31-20(16(12)18(22)25)24-21(30)23-19(26)11-8-13(27-2)17(29-4)14(9-11)28-3/h8-10H,5-7H2,1-4H3,(H2,22,25)(H2,23,24,26,30)/t10-/m0/s1. The van der Waals surface area contributed by atoms with Crippen LogP contribution in [-0.4, -0.2) is 38.3 Å². The summed E-state index contributed by atoms with van der Waals surface area (Å²) in [4.78, 5) is 26.0.